The Balaban J connectivity index is 1.17. The normalized spacial score (nSPS) is 26.5. The first-order valence-corrected chi connectivity index (χ1v) is 14.5. The van der Waals surface area contributed by atoms with Crippen LogP contribution in [0, 0.1) is 11.7 Å². The smallest absolute Gasteiger partial charge is 0.418 e. The number of halogens is 1. The summed E-state index contributed by atoms with van der Waals surface area (Å²) < 4.78 is 19.2. The van der Waals surface area contributed by atoms with Crippen LogP contribution in [0.2, 0.25) is 0 Å². The van der Waals surface area contributed by atoms with Gasteiger partial charge in [-0.2, -0.15) is 0 Å². The first-order chi connectivity index (χ1) is 19.2. The fourth-order valence-electron chi connectivity index (χ4n) is 6.64. The number of carbonyl (C=O) groups excluding carboxylic acids is 3. The molecule has 6 rings (SSSR count). The highest BCUT2D eigenvalue weighted by molar-refractivity contribution is 6.06. The maximum atomic E-state index is 13.7. The number of amides is 3. The number of benzene rings is 2. The lowest BCUT2D eigenvalue weighted by atomic mass is 9.91. The van der Waals surface area contributed by atoms with Crippen molar-refractivity contribution in [1.29, 1.82) is 0 Å². The van der Waals surface area contributed by atoms with Gasteiger partial charge < -0.3 is 20.7 Å². The summed E-state index contributed by atoms with van der Waals surface area (Å²) in [5.41, 5.74) is 8.20. The second kappa shape index (κ2) is 10.5. The molecule has 3 unspecified atom stereocenters. The molecule has 3 amide bonds. The Kier molecular flexibility index (Phi) is 7.02. The Morgan fingerprint density at radius 1 is 1.18 bits per heavy atom. The van der Waals surface area contributed by atoms with E-state index in [0.29, 0.717) is 30.4 Å². The molecule has 0 bridgehead atoms. The Hall–Kier alpha value is -3.46. The van der Waals surface area contributed by atoms with Gasteiger partial charge in [-0.3, -0.25) is 9.59 Å². The number of carbonyl (C=O) groups is 3. The standard InChI is InChI=1S/C31H37FN4O4/c1-19(21-7-8-21)35(17-20-5-9-23(32)10-6-20)28(37)18-36-29(38)31(40-30(36)39)14-13-22-15-26(11-12-27(22)31)34-25-4-2-3-24(33)16-25/h5-6,9-12,15,19,21,24-25,34H,2-4,7-8,13-14,16-18,33H2,1H3/t19-,24?,25?,31?/m0/s1. The Morgan fingerprint density at radius 2 is 1.95 bits per heavy atom. The summed E-state index contributed by atoms with van der Waals surface area (Å²) in [7, 11) is 0. The fraction of sp³-hybridized carbons (Fsp3) is 0.516. The van der Waals surface area contributed by atoms with E-state index in [1.807, 2.05) is 25.1 Å². The van der Waals surface area contributed by atoms with Crippen molar-refractivity contribution in [1.82, 2.24) is 9.80 Å². The third kappa shape index (κ3) is 5.07. The van der Waals surface area contributed by atoms with Gasteiger partial charge >= 0.3 is 6.09 Å². The van der Waals surface area contributed by atoms with Crippen molar-refractivity contribution >= 4 is 23.6 Å². The highest BCUT2D eigenvalue weighted by Gasteiger charge is 2.58. The van der Waals surface area contributed by atoms with Gasteiger partial charge in [0.1, 0.15) is 12.4 Å². The number of nitrogens with two attached hydrogens (primary N) is 1. The van der Waals surface area contributed by atoms with E-state index in [9.17, 15) is 18.8 Å². The number of ether oxygens (including phenoxy) is 1. The van der Waals surface area contributed by atoms with Gasteiger partial charge in [0, 0.05) is 42.3 Å². The largest absolute Gasteiger partial charge is 0.427 e. The number of nitrogens with one attached hydrogen (secondary N) is 1. The molecule has 40 heavy (non-hydrogen) atoms. The Labute approximate surface area is 234 Å². The molecule has 2 aromatic carbocycles. The molecule has 2 aromatic rings. The molecule has 0 aromatic heterocycles. The van der Waals surface area contributed by atoms with E-state index in [1.165, 1.54) is 12.1 Å². The second-order valence-corrected chi connectivity index (χ2v) is 12.0. The van der Waals surface area contributed by atoms with E-state index >= 15 is 0 Å². The van der Waals surface area contributed by atoms with Crippen molar-refractivity contribution in [2.24, 2.45) is 11.7 Å². The summed E-state index contributed by atoms with van der Waals surface area (Å²) >= 11 is 0. The summed E-state index contributed by atoms with van der Waals surface area (Å²) in [4.78, 5) is 43.0. The van der Waals surface area contributed by atoms with E-state index in [0.717, 1.165) is 60.2 Å². The maximum Gasteiger partial charge on any atom is 0.418 e. The number of hydrogen-bond donors (Lipinski definition) is 2. The quantitative estimate of drug-likeness (QED) is 0.505. The molecule has 2 saturated carbocycles. The average molecular weight is 549 g/mol. The molecule has 3 aliphatic carbocycles. The SMILES string of the molecule is C[C@@H](C1CC1)N(Cc1ccc(F)cc1)C(=O)CN1C(=O)OC2(CCc3cc(NC4CCCC(N)C4)ccc32)C1=O. The van der Waals surface area contributed by atoms with E-state index in [1.54, 1.807) is 17.0 Å². The third-order valence-electron chi connectivity index (χ3n) is 9.12. The molecule has 8 nitrogen and oxygen atoms in total. The number of rotatable bonds is 8. The van der Waals surface area contributed by atoms with Crippen LogP contribution < -0.4 is 11.1 Å². The van der Waals surface area contributed by atoms with E-state index in [-0.39, 0.29) is 36.9 Å². The summed E-state index contributed by atoms with van der Waals surface area (Å²) in [5, 5.41) is 3.58. The minimum atomic E-state index is -1.39. The maximum absolute atomic E-state index is 13.7. The predicted molar refractivity (Wildman–Crippen MR) is 148 cm³/mol. The van der Waals surface area contributed by atoms with Crippen molar-refractivity contribution in [3.05, 3.63) is 65.0 Å². The van der Waals surface area contributed by atoms with Crippen molar-refractivity contribution in [2.75, 3.05) is 11.9 Å². The molecule has 1 aliphatic heterocycles. The van der Waals surface area contributed by atoms with Gasteiger partial charge in [0.15, 0.2) is 0 Å². The lowest BCUT2D eigenvalue weighted by Gasteiger charge is -2.30. The summed E-state index contributed by atoms with van der Waals surface area (Å²) in [6.07, 6.45) is 6.40. The topological polar surface area (TPSA) is 105 Å². The molecule has 4 aliphatic rings. The number of imide groups is 1. The fourth-order valence-corrected chi connectivity index (χ4v) is 6.64. The molecule has 9 heteroatoms. The predicted octanol–water partition coefficient (Wildman–Crippen LogP) is 4.46. The number of hydrogen-bond acceptors (Lipinski definition) is 6. The van der Waals surface area contributed by atoms with Crippen LogP contribution in [-0.2, 0) is 32.9 Å². The van der Waals surface area contributed by atoms with E-state index in [2.05, 4.69) is 5.32 Å². The number of aryl methyl sites for hydroxylation is 1. The average Bonchev–Trinajstić information content (AvgIpc) is 3.69. The molecular formula is C31H37FN4O4. The van der Waals surface area contributed by atoms with Crippen LogP contribution in [0.15, 0.2) is 42.5 Å². The molecular weight excluding hydrogens is 511 g/mol. The first-order valence-electron chi connectivity index (χ1n) is 14.5. The van der Waals surface area contributed by atoms with Gasteiger partial charge in [0.05, 0.1) is 0 Å². The van der Waals surface area contributed by atoms with Gasteiger partial charge in [0.2, 0.25) is 11.5 Å². The molecule has 1 spiro atoms. The minimum absolute atomic E-state index is 0.0583. The van der Waals surface area contributed by atoms with Crippen LogP contribution in [0.3, 0.4) is 0 Å². The van der Waals surface area contributed by atoms with Gasteiger partial charge in [-0.05, 0) is 93.2 Å². The van der Waals surface area contributed by atoms with Crippen LogP contribution in [0.4, 0.5) is 14.9 Å². The van der Waals surface area contributed by atoms with Crippen LogP contribution >= 0.6 is 0 Å². The van der Waals surface area contributed by atoms with Crippen LogP contribution in [0.25, 0.3) is 0 Å². The minimum Gasteiger partial charge on any atom is -0.427 e. The molecule has 3 N–H and O–H groups in total. The Bertz CT molecular complexity index is 1310. The highest BCUT2D eigenvalue weighted by atomic mass is 19.1. The molecule has 0 radical (unpaired) electrons. The van der Waals surface area contributed by atoms with Crippen LogP contribution in [0.1, 0.15) is 68.6 Å². The molecule has 212 valence electrons. The molecule has 1 saturated heterocycles. The number of nitrogens with zero attached hydrogens (tertiary/aromatic N) is 2. The van der Waals surface area contributed by atoms with Crippen molar-refractivity contribution in [3.8, 4) is 0 Å². The van der Waals surface area contributed by atoms with E-state index < -0.39 is 17.6 Å². The zero-order chi connectivity index (χ0) is 28.0. The molecule has 4 atom stereocenters. The van der Waals surface area contributed by atoms with Gasteiger partial charge in [-0.25, -0.2) is 14.1 Å². The highest BCUT2D eigenvalue weighted by Crippen LogP contribution is 2.46. The van der Waals surface area contributed by atoms with Crippen molar-refractivity contribution in [3.63, 3.8) is 0 Å². The van der Waals surface area contributed by atoms with Gasteiger partial charge in [0.25, 0.3) is 5.91 Å². The first kappa shape index (κ1) is 26.7. The lowest BCUT2D eigenvalue weighted by molar-refractivity contribution is -0.143. The van der Waals surface area contributed by atoms with E-state index in [4.69, 9.17) is 10.5 Å². The zero-order valence-electron chi connectivity index (χ0n) is 22.9. The lowest BCUT2D eigenvalue weighted by Crippen LogP contribution is -2.47. The van der Waals surface area contributed by atoms with Gasteiger partial charge in [-0.15, -0.1) is 0 Å². The second-order valence-electron chi connectivity index (χ2n) is 12.0. The van der Waals surface area contributed by atoms with Crippen molar-refractivity contribution in [2.45, 2.75) is 88.6 Å². The molecule has 3 fully saturated rings. The molecule has 1 heterocycles. The Morgan fingerprint density at radius 3 is 2.67 bits per heavy atom. The summed E-state index contributed by atoms with van der Waals surface area (Å²) in [5.74, 6) is -0.768. The monoisotopic (exact) mass is 548 g/mol. The van der Waals surface area contributed by atoms with Crippen LogP contribution in [0.5, 0.6) is 0 Å². The van der Waals surface area contributed by atoms with Crippen LogP contribution in [-0.4, -0.2) is 52.4 Å². The third-order valence-corrected chi connectivity index (χ3v) is 9.12. The zero-order valence-corrected chi connectivity index (χ0v) is 22.9. The van der Waals surface area contributed by atoms with Gasteiger partial charge in [-0.1, -0.05) is 18.2 Å². The summed E-state index contributed by atoms with van der Waals surface area (Å²) in [6, 6.07) is 12.4. The number of fused-ring (bicyclic) bond motifs is 2. The summed E-state index contributed by atoms with van der Waals surface area (Å²) in [6.45, 7) is 1.89. The number of anilines is 1. The van der Waals surface area contributed by atoms with Crippen molar-refractivity contribution < 1.29 is 23.5 Å².